The number of carbonyl (C=O) groups is 3. The van der Waals surface area contributed by atoms with Gasteiger partial charge in [0.05, 0.1) is 30.4 Å². The molecule has 0 saturated carbocycles. The van der Waals surface area contributed by atoms with Crippen LogP contribution in [0.1, 0.15) is 41.2 Å². The van der Waals surface area contributed by atoms with Gasteiger partial charge in [-0.25, -0.2) is 9.59 Å². The molecule has 0 atom stereocenters. The molecule has 0 N–H and O–H groups in total. The van der Waals surface area contributed by atoms with Crippen LogP contribution in [-0.2, 0) is 19.1 Å². The van der Waals surface area contributed by atoms with E-state index in [1.165, 1.54) is 12.0 Å². The van der Waals surface area contributed by atoms with Gasteiger partial charge in [-0.3, -0.25) is 9.69 Å². The van der Waals surface area contributed by atoms with Crippen molar-refractivity contribution in [3.63, 3.8) is 0 Å². The molecule has 0 aliphatic carbocycles. The number of ether oxygens (including phenoxy) is 2. The largest absolute Gasteiger partial charge is 0.465 e. The van der Waals surface area contributed by atoms with Gasteiger partial charge in [0.25, 0.3) is 5.91 Å². The monoisotopic (exact) mass is 562 g/mol. The zero-order chi connectivity index (χ0) is 26.9. The molecule has 1 aromatic heterocycles. The first-order valence-electron chi connectivity index (χ1n) is 11.8. The fraction of sp³-hybridized carbons (Fsp3) is 0.207. The van der Waals surface area contributed by atoms with Crippen molar-refractivity contribution >= 4 is 45.5 Å². The topological polar surface area (TPSA) is 77.8 Å². The van der Waals surface area contributed by atoms with Crippen molar-refractivity contribution in [3.8, 4) is 5.69 Å². The number of esters is 2. The van der Waals surface area contributed by atoms with Crippen LogP contribution < -0.4 is 4.90 Å². The summed E-state index contributed by atoms with van der Waals surface area (Å²) in [6, 6.07) is 16.5. The first-order chi connectivity index (χ1) is 17.7. The van der Waals surface area contributed by atoms with Crippen LogP contribution in [0.3, 0.4) is 0 Å². The summed E-state index contributed by atoms with van der Waals surface area (Å²) in [5.74, 6) is -1.38. The van der Waals surface area contributed by atoms with Crippen LogP contribution in [0, 0.1) is 13.8 Å². The second kappa shape index (κ2) is 10.6. The maximum absolute atomic E-state index is 13.7. The summed E-state index contributed by atoms with van der Waals surface area (Å²) in [4.78, 5) is 40.0. The number of nitrogens with zero attached hydrogens (tertiary/aromatic N) is 2. The Morgan fingerprint density at radius 2 is 1.57 bits per heavy atom. The van der Waals surface area contributed by atoms with Crippen LogP contribution in [0.15, 0.2) is 75.9 Å². The molecule has 1 amide bonds. The molecule has 2 heterocycles. The molecule has 0 unspecified atom stereocenters. The van der Waals surface area contributed by atoms with Gasteiger partial charge in [-0.05, 0) is 93.9 Å². The SMILES string of the molecule is CCOC(=O)c1ccc(N2C(=O)C(=Cc3cc(C)n(-c4ccc(Br)cc4)c3C)C(C(=O)OC)=C2C)cc1. The smallest absolute Gasteiger partial charge is 0.340 e. The van der Waals surface area contributed by atoms with E-state index in [0.717, 1.165) is 27.1 Å². The number of methoxy groups -OCH3 is 1. The number of anilines is 1. The van der Waals surface area contributed by atoms with Crippen molar-refractivity contribution in [2.75, 3.05) is 18.6 Å². The van der Waals surface area contributed by atoms with Gasteiger partial charge in [0.2, 0.25) is 0 Å². The number of allylic oxidation sites excluding steroid dienone is 1. The lowest BCUT2D eigenvalue weighted by molar-refractivity contribution is -0.136. The Kier molecular flexibility index (Phi) is 7.50. The Bertz CT molecular complexity index is 1450. The molecule has 0 radical (unpaired) electrons. The highest BCUT2D eigenvalue weighted by molar-refractivity contribution is 9.10. The molecule has 190 valence electrons. The molecule has 0 saturated heterocycles. The number of rotatable bonds is 6. The van der Waals surface area contributed by atoms with E-state index in [1.54, 1.807) is 44.2 Å². The van der Waals surface area contributed by atoms with Crippen molar-refractivity contribution in [1.29, 1.82) is 0 Å². The predicted octanol–water partition coefficient (Wildman–Crippen LogP) is 5.91. The van der Waals surface area contributed by atoms with Crippen LogP contribution in [-0.4, -0.2) is 36.1 Å². The number of carbonyl (C=O) groups excluding carboxylic acids is 3. The van der Waals surface area contributed by atoms with Crippen LogP contribution in [0.4, 0.5) is 5.69 Å². The Labute approximate surface area is 224 Å². The maximum atomic E-state index is 13.7. The highest BCUT2D eigenvalue weighted by atomic mass is 79.9. The summed E-state index contributed by atoms with van der Waals surface area (Å²) in [5, 5.41) is 0. The molecule has 7 nitrogen and oxygen atoms in total. The van der Waals surface area contributed by atoms with Crippen LogP contribution >= 0.6 is 15.9 Å². The summed E-state index contributed by atoms with van der Waals surface area (Å²) in [7, 11) is 1.29. The quantitative estimate of drug-likeness (QED) is 0.275. The number of hydrogen-bond donors (Lipinski definition) is 0. The molecule has 0 spiro atoms. The summed E-state index contributed by atoms with van der Waals surface area (Å²) in [6.07, 6.45) is 1.74. The van der Waals surface area contributed by atoms with Gasteiger partial charge in [0.15, 0.2) is 0 Å². The standard InChI is InChI=1S/C29H27BrN2O5/c1-6-37-28(34)20-7-11-24(12-8-20)32-19(4)26(29(35)36-5)25(27(32)33)16-21-15-17(2)31(18(21)3)23-13-9-22(30)10-14-23/h7-16H,6H2,1-5H3. The molecule has 0 fully saturated rings. The zero-order valence-electron chi connectivity index (χ0n) is 21.3. The third-order valence-corrected chi connectivity index (χ3v) is 6.81. The van der Waals surface area contributed by atoms with Gasteiger partial charge in [-0.2, -0.15) is 0 Å². The maximum Gasteiger partial charge on any atom is 0.340 e. The predicted molar refractivity (Wildman–Crippen MR) is 146 cm³/mol. The number of aromatic nitrogens is 1. The Hall–Kier alpha value is -3.91. The number of aryl methyl sites for hydroxylation is 1. The van der Waals surface area contributed by atoms with E-state index in [9.17, 15) is 14.4 Å². The minimum absolute atomic E-state index is 0.204. The Balaban J connectivity index is 1.77. The van der Waals surface area contributed by atoms with E-state index in [0.29, 0.717) is 16.9 Å². The van der Waals surface area contributed by atoms with Crippen molar-refractivity contribution in [2.45, 2.75) is 27.7 Å². The minimum atomic E-state index is -0.593. The average Bonchev–Trinajstić information content (AvgIpc) is 3.30. The normalized spacial score (nSPS) is 14.5. The van der Waals surface area contributed by atoms with Crippen molar-refractivity contribution in [2.24, 2.45) is 0 Å². The van der Waals surface area contributed by atoms with E-state index >= 15 is 0 Å². The zero-order valence-corrected chi connectivity index (χ0v) is 22.9. The third kappa shape index (κ3) is 4.89. The van der Waals surface area contributed by atoms with Crippen LogP contribution in [0.2, 0.25) is 0 Å². The molecule has 3 aromatic rings. The summed E-state index contributed by atoms with van der Waals surface area (Å²) >= 11 is 3.47. The molecule has 4 rings (SSSR count). The fourth-order valence-electron chi connectivity index (χ4n) is 4.53. The van der Waals surface area contributed by atoms with Gasteiger partial charge < -0.3 is 14.0 Å². The van der Waals surface area contributed by atoms with Gasteiger partial charge in [-0.1, -0.05) is 15.9 Å². The highest BCUT2D eigenvalue weighted by Gasteiger charge is 2.38. The van der Waals surface area contributed by atoms with Crippen molar-refractivity contribution < 1.29 is 23.9 Å². The second-order valence-electron chi connectivity index (χ2n) is 8.56. The second-order valence-corrected chi connectivity index (χ2v) is 9.47. The lowest BCUT2D eigenvalue weighted by Gasteiger charge is -2.18. The summed E-state index contributed by atoms with van der Waals surface area (Å²) in [5.41, 5.74) is 5.53. The number of benzene rings is 2. The van der Waals surface area contributed by atoms with Gasteiger partial charge in [0, 0.05) is 32.9 Å². The van der Waals surface area contributed by atoms with E-state index < -0.39 is 11.9 Å². The molecule has 1 aliphatic heterocycles. The lowest BCUT2D eigenvalue weighted by Crippen LogP contribution is -2.24. The fourth-order valence-corrected chi connectivity index (χ4v) is 4.79. The average molecular weight is 563 g/mol. The summed E-state index contributed by atoms with van der Waals surface area (Å²) in [6.45, 7) is 7.68. The van der Waals surface area contributed by atoms with Crippen LogP contribution in [0.25, 0.3) is 11.8 Å². The van der Waals surface area contributed by atoms with E-state index in [2.05, 4.69) is 20.5 Å². The Morgan fingerprint density at radius 3 is 2.16 bits per heavy atom. The first-order valence-corrected chi connectivity index (χ1v) is 12.5. The summed E-state index contributed by atoms with van der Waals surface area (Å²) < 4.78 is 13.2. The van der Waals surface area contributed by atoms with Gasteiger partial charge in [0.1, 0.15) is 0 Å². The van der Waals surface area contributed by atoms with Crippen molar-refractivity contribution in [1.82, 2.24) is 4.57 Å². The van der Waals surface area contributed by atoms with Crippen LogP contribution in [0.5, 0.6) is 0 Å². The highest BCUT2D eigenvalue weighted by Crippen LogP contribution is 2.36. The molecule has 2 aromatic carbocycles. The number of hydrogen-bond acceptors (Lipinski definition) is 5. The lowest BCUT2D eigenvalue weighted by atomic mass is 10.0. The van der Waals surface area contributed by atoms with Gasteiger partial charge >= 0.3 is 11.9 Å². The van der Waals surface area contributed by atoms with E-state index in [-0.39, 0.29) is 23.7 Å². The van der Waals surface area contributed by atoms with E-state index in [4.69, 9.17) is 9.47 Å². The molecule has 1 aliphatic rings. The van der Waals surface area contributed by atoms with Gasteiger partial charge in [-0.15, -0.1) is 0 Å². The number of amides is 1. The Morgan fingerprint density at radius 1 is 0.946 bits per heavy atom. The molecular weight excluding hydrogens is 536 g/mol. The minimum Gasteiger partial charge on any atom is -0.465 e. The molecular formula is C29H27BrN2O5. The molecule has 37 heavy (non-hydrogen) atoms. The molecule has 0 bridgehead atoms. The molecule has 8 heteroatoms. The van der Waals surface area contributed by atoms with E-state index in [1.807, 2.05) is 44.2 Å². The number of halogens is 1. The third-order valence-electron chi connectivity index (χ3n) is 6.28. The van der Waals surface area contributed by atoms with Crippen molar-refractivity contribution in [3.05, 3.63) is 98.4 Å². The first kappa shape index (κ1) is 26.2.